The second-order valence-corrected chi connectivity index (χ2v) is 5.48. The minimum Gasteiger partial charge on any atom is -0.269 e. The highest BCUT2D eigenvalue weighted by molar-refractivity contribution is 8.01. The summed E-state index contributed by atoms with van der Waals surface area (Å²) in [6.45, 7) is 2.26. The summed E-state index contributed by atoms with van der Waals surface area (Å²) in [4.78, 5) is 0. The molecule has 0 saturated carbocycles. The Labute approximate surface area is 77.4 Å². The third-order valence-corrected chi connectivity index (χ3v) is 3.51. The average Bonchev–Trinajstić information content (AvgIpc) is 1.99. The predicted octanol–water partition coefficient (Wildman–Crippen LogP) is 0.973. The summed E-state index contributed by atoms with van der Waals surface area (Å²) in [5.74, 6) is 1.69. The van der Waals surface area contributed by atoms with Crippen LogP contribution in [0.2, 0.25) is 0 Å². The van der Waals surface area contributed by atoms with E-state index < -0.39 is 10.1 Å². The summed E-state index contributed by atoms with van der Waals surface area (Å²) in [5, 5.41) is -0.246. The molecule has 0 heterocycles. The highest BCUT2D eigenvalue weighted by Gasteiger charge is 2.06. The van der Waals surface area contributed by atoms with Gasteiger partial charge in [0.1, 0.15) is 5.08 Å². The summed E-state index contributed by atoms with van der Waals surface area (Å²) < 4.78 is 25.9. The minimum atomic E-state index is -3.35. The van der Waals surface area contributed by atoms with Crippen LogP contribution >= 0.6 is 24.4 Å². The minimum absolute atomic E-state index is 0.246. The molecule has 0 aromatic heterocycles. The van der Waals surface area contributed by atoms with Crippen LogP contribution in [0.5, 0.6) is 0 Å². The van der Waals surface area contributed by atoms with Crippen molar-refractivity contribution in [2.75, 3.05) is 23.2 Å². The van der Waals surface area contributed by atoms with E-state index in [-0.39, 0.29) is 11.7 Å². The Kier molecular flexibility index (Phi) is 6.50. The Morgan fingerprint density at radius 3 is 2.64 bits per heavy atom. The lowest BCUT2D eigenvalue weighted by Crippen LogP contribution is -2.09. The topological polar surface area (TPSA) is 43.4 Å². The van der Waals surface area contributed by atoms with Crippen LogP contribution in [0.15, 0.2) is 0 Å². The van der Waals surface area contributed by atoms with Crippen LogP contribution < -0.4 is 0 Å². The van der Waals surface area contributed by atoms with Gasteiger partial charge in [0, 0.05) is 5.75 Å². The van der Waals surface area contributed by atoms with Gasteiger partial charge in [0.2, 0.25) is 0 Å². The van der Waals surface area contributed by atoms with Crippen molar-refractivity contribution in [2.45, 2.75) is 6.92 Å². The first kappa shape index (κ1) is 11.6. The van der Waals surface area contributed by atoms with Gasteiger partial charge in [0.25, 0.3) is 10.1 Å². The molecule has 0 N–H and O–H groups in total. The van der Waals surface area contributed by atoms with Crippen LogP contribution in [0.3, 0.4) is 0 Å². The van der Waals surface area contributed by atoms with Gasteiger partial charge < -0.3 is 0 Å². The van der Waals surface area contributed by atoms with Gasteiger partial charge in [-0.15, -0.1) is 0 Å². The lowest BCUT2D eigenvalue weighted by Gasteiger charge is -2.00. The second-order valence-electron chi connectivity index (χ2n) is 1.71. The predicted molar refractivity (Wildman–Crippen MR) is 51.7 cm³/mol. The Balaban J connectivity index is 3.39. The molecule has 0 aliphatic heterocycles. The number of thiol groups is 1. The summed E-state index contributed by atoms with van der Waals surface area (Å²) >= 11 is 5.25. The van der Waals surface area contributed by atoms with Gasteiger partial charge in [-0.1, -0.05) is 6.92 Å². The molecule has 0 radical (unpaired) electrons. The molecule has 6 heteroatoms. The van der Waals surface area contributed by atoms with Gasteiger partial charge in [0.15, 0.2) is 0 Å². The largest absolute Gasteiger partial charge is 0.276 e. The maximum absolute atomic E-state index is 10.7. The first-order valence-corrected chi connectivity index (χ1v) is 6.54. The fourth-order valence-electron chi connectivity index (χ4n) is 0.402. The van der Waals surface area contributed by atoms with Gasteiger partial charge in [-0.2, -0.15) is 32.8 Å². The third kappa shape index (κ3) is 6.99. The van der Waals surface area contributed by atoms with Crippen LogP contribution in [0, 0.1) is 0 Å². The van der Waals surface area contributed by atoms with Gasteiger partial charge in [-0.25, -0.2) is 0 Å². The lowest BCUT2D eigenvalue weighted by molar-refractivity contribution is 0.344. The lowest BCUT2D eigenvalue weighted by atomic mass is 10.9. The number of rotatable bonds is 6. The summed E-state index contributed by atoms with van der Waals surface area (Å²) in [6.07, 6.45) is 0. The molecule has 3 nitrogen and oxygen atoms in total. The van der Waals surface area contributed by atoms with E-state index in [9.17, 15) is 8.42 Å². The van der Waals surface area contributed by atoms with Crippen LogP contribution in [-0.2, 0) is 14.3 Å². The van der Waals surface area contributed by atoms with E-state index in [1.54, 1.807) is 11.8 Å². The SMILES string of the molecule is CCSCCOS(=O)(=O)CS. The normalized spacial score (nSPS) is 11.8. The quantitative estimate of drug-likeness (QED) is 0.408. The Morgan fingerprint density at radius 2 is 2.18 bits per heavy atom. The first-order chi connectivity index (χ1) is 5.12. The van der Waals surface area contributed by atoms with Crippen LogP contribution in [0.25, 0.3) is 0 Å². The second kappa shape index (κ2) is 6.16. The van der Waals surface area contributed by atoms with E-state index in [1.807, 2.05) is 6.92 Å². The Hall–Kier alpha value is 0.610. The maximum atomic E-state index is 10.7. The average molecular weight is 216 g/mol. The van der Waals surface area contributed by atoms with Crippen molar-refractivity contribution in [2.24, 2.45) is 0 Å². The van der Waals surface area contributed by atoms with Crippen molar-refractivity contribution in [3.63, 3.8) is 0 Å². The monoisotopic (exact) mass is 216 g/mol. The van der Waals surface area contributed by atoms with Gasteiger partial charge >= 0.3 is 0 Å². The number of hydrogen-bond donors (Lipinski definition) is 1. The van der Waals surface area contributed by atoms with E-state index in [2.05, 4.69) is 16.8 Å². The molecule has 0 aromatic carbocycles. The summed E-state index contributed by atoms with van der Waals surface area (Å²) in [7, 11) is -3.35. The highest BCUT2D eigenvalue weighted by Crippen LogP contribution is 2.01. The Morgan fingerprint density at radius 1 is 1.55 bits per heavy atom. The maximum Gasteiger partial charge on any atom is 0.276 e. The fourth-order valence-corrected chi connectivity index (χ4v) is 1.63. The zero-order chi connectivity index (χ0) is 8.74. The molecule has 0 saturated heterocycles. The van der Waals surface area contributed by atoms with Gasteiger partial charge in [0.05, 0.1) is 6.61 Å². The number of thioether (sulfide) groups is 1. The standard InChI is InChI=1S/C5H12O3S3/c1-2-10-4-3-8-11(6,7)5-9/h9H,2-5H2,1H3. The zero-order valence-corrected chi connectivity index (χ0v) is 8.84. The van der Waals surface area contributed by atoms with E-state index in [0.29, 0.717) is 5.75 Å². The third-order valence-electron chi connectivity index (χ3n) is 0.853. The van der Waals surface area contributed by atoms with E-state index in [0.717, 1.165) is 5.75 Å². The Bertz CT molecular complexity index is 175. The molecule has 0 rings (SSSR count). The van der Waals surface area contributed by atoms with Crippen LogP contribution in [0.4, 0.5) is 0 Å². The van der Waals surface area contributed by atoms with Crippen molar-refractivity contribution in [3.05, 3.63) is 0 Å². The van der Waals surface area contributed by atoms with Crippen molar-refractivity contribution in [3.8, 4) is 0 Å². The molecule has 11 heavy (non-hydrogen) atoms. The molecule has 0 aromatic rings. The molecule has 0 fully saturated rings. The molecule has 0 aliphatic rings. The molecule has 0 spiro atoms. The van der Waals surface area contributed by atoms with Gasteiger partial charge in [-0.05, 0) is 5.75 Å². The van der Waals surface area contributed by atoms with Crippen LogP contribution in [0.1, 0.15) is 6.92 Å². The molecule has 0 atom stereocenters. The van der Waals surface area contributed by atoms with E-state index >= 15 is 0 Å². The molecule has 0 unspecified atom stereocenters. The highest BCUT2D eigenvalue weighted by atomic mass is 32.3. The van der Waals surface area contributed by atoms with Crippen molar-refractivity contribution in [1.29, 1.82) is 0 Å². The molecule has 0 amide bonds. The van der Waals surface area contributed by atoms with Gasteiger partial charge in [-0.3, -0.25) is 4.18 Å². The summed E-state index contributed by atoms with van der Waals surface area (Å²) in [5.41, 5.74) is 0. The first-order valence-electron chi connectivity index (χ1n) is 3.18. The van der Waals surface area contributed by atoms with Crippen molar-refractivity contribution in [1.82, 2.24) is 0 Å². The van der Waals surface area contributed by atoms with Crippen molar-refractivity contribution >= 4 is 34.5 Å². The molecular weight excluding hydrogens is 204 g/mol. The van der Waals surface area contributed by atoms with Crippen molar-refractivity contribution < 1.29 is 12.6 Å². The smallest absolute Gasteiger partial charge is 0.269 e. The summed E-state index contributed by atoms with van der Waals surface area (Å²) in [6, 6.07) is 0. The molecule has 68 valence electrons. The molecular formula is C5H12O3S3. The number of hydrogen-bond acceptors (Lipinski definition) is 5. The van der Waals surface area contributed by atoms with E-state index in [4.69, 9.17) is 0 Å². The van der Waals surface area contributed by atoms with E-state index in [1.165, 1.54) is 0 Å². The molecule has 0 bridgehead atoms. The zero-order valence-electron chi connectivity index (χ0n) is 6.32. The molecule has 0 aliphatic carbocycles. The fraction of sp³-hybridized carbons (Fsp3) is 1.00. The van der Waals surface area contributed by atoms with Crippen LogP contribution in [-0.4, -0.2) is 31.6 Å².